The lowest BCUT2D eigenvalue weighted by atomic mass is 10.1. The summed E-state index contributed by atoms with van der Waals surface area (Å²) in [5.74, 6) is 0. The van der Waals surface area contributed by atoms with E-state index in [0.29, 0.717) is 19.5 Å². The highest BCUT2D eigenvalue weighted by molar-refractivity contribution is 7.18. The predicted molar refractivity (Wildman–Crippen MR) is 128 cm³/mol. The number of quaternary nitrogens is 1. The second-order valence-corrected chi connectivity index (χ2v) is 10.1. The number of nitrogens with zero attached hydrogens (tertiary/aromatic N) is 2. The number of ether oxygens (including phenoxy) is 1. The highest BCUT2D eigenvalue weighted by atomic mass is 32.1. The molecule has 32 heavy (non-hydrogen) atoms. The zero-order valence-corrected chi connectivity index (χ0v) is 19.4. The van der Waals surface area contributed by atoms with Crippen LogP contribution in [0, 0.1) is 0 Å². The van der Waals surface area contributed by atoms with Crippen molar-refractivity contribution in [2.45, 2.75) is 51.6 Å². The van der Waals surface area contributed by atoms with Gasteiger partial charge in [-0.05, 0) is 43.2 Å². The third kappa shape index (κ3) is 4.34. The van der Waals surface area contributed by atoms with Crippen LogP contribution in [-0.4, -0.2) is 42.0 Å². The topological polar surface area (TPSA) is 57.7 Å². The molecule has 0 saturated carbocycles. The highest BCUT2D eigenvalue weighted by Crippen LogP contribution is 2.33. The Labute approximate surface area is 192 Å². The molecule has 3 aromatic rings. The van der Waals surface area contributed by atoms with Crippen molar-refractivity contribution in [3.8, 4) is 0 Å². The van der Waals surface area contributed by atoms with Gasteiger partial charge in [0.2, 0.25) is 0 Å². The molecular weight excluding hydrogens is 422 g/mol. The molecule has 1 aliphatic carbocycles. The molecule has 1 fully saturated rings. The van der Waals surface area contributed by atoms with Gasteiger partial charge in [0.25, 0.3) is 5.56 Å². The summed E-state index contributed by atoms with van der Waals surface area (Å²) in [6.07, 6.45) is 6.17. The van der Waals surface area contributed by atoms with E-state index in [1.54, 1.807) is 11.3 Å². The standard InChI is InChI=1S/C25H31N3O3S/c29-23-22-20-9-5-2-6-10-21(20)32-24(22)28(14-13-26-15-17-31-18-16-26)25(30)27(23)12-11-19-7-3-1-4-8-19/h1,3-4,7-8H,2,5-6,9-18H2/p+1. The number of aryl methyl sites for hydroxylation is 3. The second kappa shape index (κ2) is 9.73. The summed E-state index contributed by atoms with van der Waals surface area (Å²) in [5, 5.41) is 0.816. The zero-order valence-electron chi connectivity index (χ0n) is 18.6. The summed E-state index contributed by atoms with van der Waals surface area (Å²) in [4.78, 5) is 30.9. The van der Waals surface area contributed by atoms with Gasteiger partial charge >= 0.3 is 5.69 Å². The Morgan fingerprint density at radius 1 is 0.938 bits per heavy atom. The Morgan fingerprint density at radius 2 is 1.72 bits per heavy atom. The van der Waals surface area contributed by atoms with Crippen LogP contribution in [0.4, 0.5) is 0 Å². The summed E-state index contributed by atoms with van der Waals surface area (Å²) in [5.41, 5.74) is 2.12. The number of thiophene rings is 1. The molecule has 7 heteroatoms. The number of aromatic nitrogens is 2. The molecule has 0 amide bonds. The normalized spacial score (nSPS) is 17.4. The van der Waals surface area contributed by atoms with Crippen LogP contribution in [0.5, 0.6) is 0 Å². The zero-order chi connectivity index (χ0) is 21.9. The summed E-state index contributed by atoms with van der Waals surface area (Å²) >= 11 is 1.69. The van der Waals surface area contributed by atoms with E-state index in [1.807, 2.05) is 22.8 Å². The van der Waals surface area contributed by atoms with E-state index in [0.717, 1.165) is 67.9 Å². The van der Waals surface area contributed by atoms with Gasteiger partial charge in [-0.2, -0.15) is 0 Å². The molecule has 170 valence electrons. The number of rotatable bonds is 6. The summed E-state index contributed by atoms with van der Waals surface area (Å²) in [6, 6.07) is 10.1. The van der Waals surface area contributed by atoms with Gasteiger partial charge < -0.3 is 9.64 Å². The maximum absolute atomic E-state index is 13.6. The fourth-order valence-corrected chi connectivity index (χ4v) is 6.45. The summed E-state index contributed by atoms with van der Waals surface area (Å²) in [6.45, 7) is 5.48. The first-order valence-electron chi connectivity index (χ1n) is 12.0. The van der Waals surface area contributed by atoms with Crippen molar-refractivity contribution >= 4 is 21.6 Å². The highest BCUT2D eigenvalue weighted by Gasteiger charge is 2.24. The van der Waals surface area contributed by atoms with Gasteiger partial charge in [0.05, 0.1) is 31.7 Å². The second-order valence-electron chi connectivity index (χ2n) is 8.98. The average Bonchev–Trinajstić information content (AvgIpc) is 3.02. The molecule has 1 aromatic carbocycles. The van der Waals surface area contributed by atoms with Crippen LogP contribution in [-0.2, 0) is 37.1 Å². The van der Waals surface area contributed by atoms with Crippen molar-refractivity contribution in [1.82, 2.24) is 9.13 Å². The number of benzene rings is 1. The molecule has 0 atom stereocenters. The molecule has 0 bridgehead atoms. The fraction of sp³-hybridized carbons (Fsp3) is 0.520. The molecule has 1 N–H and O–H groups in total. The van der Waals surface area contributed by atoms with E-state index < -0.39 is 0 Å². The van der Waals surface area contributed by atoms with Crippen LogP contribution >= 0.6 is 11.3 Å². The molecule has 3 heterocycles. The Balaban J connectivity index is 1.56. The van der Waals surface area contributed by atoms with E-state index >= 15 is 0 Å². The Kier molecular flexibility index (Phi) is 6.57. The molecule has 1 saturated heterocycles. The first kappa shape index (κ1) is 21.6. The molecule has 6 nitrogen and oxygen atoms in total. The van der Waals surface area contributed by atoms with Crippen molar-refractivity contribution in [2.24, 2.45) is 0 Å². The third-order valence-electron chi connectivity index (χ3n) is 6.92. The van der Waals surface area contributed by atoms with E-state index in [1.165, 1.54) is 32.7 Å². The van der Waals surface area contributed by atoms with Crippen LogP contribution in [0.15, 0.2) is 39.9 Å². The van der Waals surface area contributed by atoms with Crippen LogP contribution in [0.25, 0.3) is 10.2 Å². The first-order chi connectivity index (χ1) is 15.7. The molecule has 1 aliphatic heterocycles. The minimum Gasteiger partial charge on any atom is -0.370 e. The minimum atomic E-state index is -0.150. The predicted octanol–water partition coefficient (Wildman–Crippen LogP) is 1.65. The summed E-state index contributed by atoms with van der Waals surface area (Å²) in [7, 11) is 0. The van der Waals surface area contributed by atoms with Gasteiger partial charge in [0.15, 0.2) is 0 Å². The molecular formula is C25H32N3O3S+. The lowest BCUT2D eigenvalue weighted by Crippen LogP contribution is -3.14. The smallest absolute Gasteiger partial charge is 0.332 e. The fourth-order valence-electron chi connectivity index (χ4n) is 5.05. The van der Waals surface area contributed by atoms with Crippen LogP contribution in [0.1, 0.15) is 35.3 Å². The minimum absolute atomic E-state index is 0.0877. The third-order valence-corrected chi connectivity index (χ3v) is 8.24. The SMILES string of the molecule is O=c1c2c3c(sc2n(CC[NH+]2CCOCC2)c(=O)n1CCc1ccccc1)CCCCC3. The monoisotopic (exact) mass is 454 g/mol. The molecule has 5 rings (SSSR count). The quantitative estimate of drug-likeness (QED) is 0.577. The first-order valence-corrected chi connectivity index (χ1v) is 12.8. The number of hydrogen-bond donors (Lipinski definition) is 1. The van der Waals surface area contributed by atoms with Crippen LogP contribution < -0.4 is 16.1 Å². The largest absolute Gasteiger partial charge is 0.370 e. The molecule has 0 unspecified atom stereocenters. The maximum Gasteiger partial charge on any atom is 0.332 e. The lowest BCUT2D eigenvalue weighted by molar-refractivity contribution is -0.908. The summed E-state index contributed by atoms with van der Waals surface area (Å²) < 4.78 is 8.90. The van der Waals surface area contributed by atoms with E-state index in [-0.39, 0.29) is 11.2 Å². The molecule has 2 aliphatic rings. The van der Waals surface area contributed by atoms with Crippen molar-refractivity contribution in [1.29, 1.82) is 0 Å². The van der Waals surface area contributed by atoms with Gasteiger partial charge in [-0.3, -0.25) is 13.9 Å². The van der Waals surface area contributed by atoms with Crippen molar-refractivity contribution in [2.75, 3.05) is 32.8 Å². The Morgan fingerprint density at radius 3 is 2.53 bits per heavy atom. The Hall–Kier alpha value is -2.22. The Bertz CT molecular complexity index is 1190. The van der Waals surface area contributed by atoms with Crippen molar-refractivity contribution in [3.63, 3.8) is 0 Å². The average molecular weight is 455 g/mol. The lowest BCUT2D eigenvalue weighted by Gasteiger charge is -2.24. The van der Waals surface area contributed by atoms with Crippen LogP contribution in [0.2, 0.25) is 0 Å². The maximum atomic E-state index is 13.6. The number of nitrogens with one attached hydrogen (secondary N) is 1. The van der Waals surface area contributed by atoms with Gasteiger partial charge in [-0.15, -0.1) is 11.3 Å². The number of fused-ring (bicyclic) bond motifs is 3. The van der Waals surface area contributed by atoms with E-state index in [4.69, 9.17) is 4.74 Å². The van der Waals surface area contributed by atoms with Gasteiger partial charge in [-0.1, -0.05) is 36.8 Å². The number of hydrogen-bond acceptors (Lipinski definition) is 4. The van der Waals surface area contributed by atoms with Crippen molar-refractivity contribution in [3.05, 3.63) is 67.2 Å². The number of morpholine rings is 1. The van der Waals surface area contributed by atoms with E-state index in [9.17, 15) is 9.59 Å². The van der Waals surface area contributed by atoms with Gasteiger partial charge in [0.1, 0.15) is 17.9 Å². The molecule has 2 aromatic heterocycles. The van der Waals surface area contributed by atoms with Gasteiger partial charge in [-0.25, -0.2) is 4.79 Å². The van der Waals surface area contributed by atoms with Crippen LogP contribution in [0.3, 0.4) is 0 Å². The van der Waals surface area contributed by atoms with Gasteiger partial charge in [0, 0.05) is 11.4 Å². The van der Waals surface area contributed by atoms with E-state index in [2.05, 4.69) is 12.1 Å². The molecule has 0 spiro atoms. The van der Waals surface area contributed by atoms with Crippen molar-refractivity contribution < 1.29 is 9.64 Å². The molecule has 0 radical (unpaired) electrons.